The standard InChI is InChI=1S/C21H25Cl2N3OS/c1-25-8-10-26(11-9-25)19-6-2-16(3-7-19)13-24-21(27)15-28-14-17-4-5-18(22)12-20(17)23/h2-7,12H,8-11,13-15H2,1H3,(H,24,27). The number of thioether (sulfide) groups is 1. The Bertz CT molecular complexity index is 793. The quantitative estimate of drug-likeness (QED) is 0.700. The van der Waals surface area contributed by atoms with Crippen LogP contribution >= 0.6 is 35.0 Å². The van der Waals surface area contributed by atoms with Crippen molar-refractivity contribution in [3.05, 3.63) is 63.6 Å². The summed E-state index contributed by atoms with van der Waals surface area (Å²) in [4.78, 5) is 16.8. The van der Waals surface area contributed by atoms with Gasteiger partial charge in [0.05, 0.1) is 5.75 Å². The first-order valence-corrected chi connectivity index (χ1v) is 11.2. The van der Waals surface area contributed by atoms with E-state index in [9.17, 15) is 4.79 Å². The minimum atomic E-state index is 0.0261. The molecule has 1 fully saturated rings. The number of halogens is 2. The van der Waals surface area contributed by atoms with E-state index in [1.54, 1.807) is 17.8 Å². The van der Waals surface area contributed by atoms with E-state index in [4.69, 9.17) is 23.2 Å². The second-order valence-electron chi connectivity index (χ2n) is 6.96. The van der Waals surface area contributed by atoms with Gasteiger partial charge in [0.25, 0.3) is 0 Å². The lowest BCUT2D eigenvalue weighted by Crippen LogP contribution is -2.44. The lowest BCUT2D eigenvalue weighted by molar-refractivity contribution is -0.118. The van der Waals surface area contributed by atoms with Gasteiger partial charge in [0, 0.05) is 54.2 Å². The molecular formula is C21H25Cl2N3OS. The highest BCUT2D eigenvalue weighted by molar-refractivity contribution is 7.99. The minimum absolute atomic E-state index is 0.0261. The molecule has 1 aliphatic rings. The highest BCUT2D eigenvalue weighted by Gasteiger charge is 2.14. The maximum absolute atomic E-state index is 12.1. The summed E-state index contributed by atoms with van der Waals surface area (Å²) in [7, 11) is 2.16. The van der Waals surface area contributed by atoms with Crippen LogP contribution in [0, 0.1) is 0 Å². The smallest absolute Gasteiger partial charge is 0.230 e. The van der Waals surface area contributed by atoms with Gasteiger partial charge < -0.3 is 15.1 Å². The summed E-state index contributed by atoms with van der Waals surface area (Å²) in [6, 6.07) is 13.9. The molecule has 1 saturated heterocycles. The van der Waals surface area contributed by atoms with E-state index >= 15 is 0 Å². The number of nitrogens with zero attached hydrogens (tertiary/aromatic N) is 2. The van der Waals surface area contributed by atoms with Gasteiger partial charge in [0.1, 0.15) is 0 Å². The number of hydrogen-bond acceptors (Lipinski definition) is 4. The molecule has 0 unspecified atom stereocenters. The molecule has 0 atom stereocenters. The van der Waals surface area contributed by atoms with Gasteiger partial charge >= 0.3 is 0 Å². The molecule has 150 valence electrons. The van der Waals surface area contributed by atoms with Crippen molar-refractivity contribution in [3.63, 3.8) is 0 Å². The summed E-state index contributed by atoms with van der Waals surface area (Å²) in [6.07, 6.45) is 0. The number of hydrogen-bond donors (Lipinski definition) is 1. The van der Waals surface area contributed by atoms with E-state index in [1.807, 2.05) is 12.1 Å². The van der Waals surface area contributed by atoms with Gasteiger partial charge in [-0.15, -0.1) is 11.8 Å². The van der Waals surface area contributed by atoms with Gasteiger partial charge in [-0.3, -0.25) is 4.79 Å². The molecular weight excluding hydrogens is 413 g/mol. The molecule has 1 amide bonds. The van der Waals surface area contributed by atoms with Crippen LogP contribution in [-0.2, 0) is 17.1 Å². The molecule has 0 aromatic heterocycles. The summed E-state index contributed by atoms with van der Waals surface area (Å²) in [5, 5.41) is 4.24. The van der Waals surface area contributed by atoms with Gasteiger partial charge in [0.2, 0.25) is 5.91 Å². The number of nitrogens with one attached hydrogen (secondary N) is 1. The molecule has 28 heavy (non-hydrogen) atoms. The number of rotatable bonds is 7. The van der Waals surface area contributed by atoms with Gasteiger partial charge in [-0.2, -0.15) is 0 Å². The van der Waals surface area contributed by atoms with Crippen molar-refractivity contribution in [1.29, 1.82) is 0 Å². The van der Waals surface area contributed by atoms with Crippen molar-refractivity contribution in [2.75, 3.05) is 43.9 Å². The van der Waals surface area contributed by atoms with Crippen molar-refractivity contribution in [1.82, 2.24) is 10.2 Å². The minimum Gasteiger partial charge on any atom is -0.369 e. The van der Waals surface area contributed by atoms with Gasteiger partial charge in [-0.1, -0.05) is 41.4 Å². The Morgan fingerprint density at radius 1 is 1.07 bits per heavy atom. The maximum Gasteiger partial charge on any atom is 0.230 e. The average Bonchev–Trinajstić information content (AvgIpc) is 2.69. The Labute approximate surface area is 181 Å². The SMILES string of the molecule is CN1CCN(c2ccc(CNC(=O)CSCc3ccc(Cl)cc3Cl)cc2)CC1. The summed E-state index contributed by atoms with van der Waals surface area (Å²) in [5.74, 6) is 1.11. The highest BCUT2D eigenvalue weighted by Crippen LogP contribution is 2.24. The van der Waals surface area contributed by atoms with Crippen LogP contribution in [0.25, 0.3) is 0 Å². The van der Waals surface area contributed by atoms with Crippen LogP contribution in [0.15, 0.2) is 42.5 Å². The number of carbonyl (C=O) groups excluding carboxylic acids is 1. The molecule has 1 heterocycles. The largest absolute Gasteiger partial charge is 0.369 e. The lowest BCUT2D eigenvalue weighted by atomic mass is 10.2. The van der Waals surface area contributed by atoms with Crippen molar-refractivity contribution in [2.24, 2.45) is 0 Å². The first-order chi connectivity index (χ1) is 13.5. The second-order valence-corrected chi connectivity index (χ2v) is 8.79. The third-order valence-electron chi connectivity index (χ3n) is 4.80. The van der Waals surface area contributed by atoms with E-state index < -0.39 is 0 Å². The van der Waals surface area contributed by atoms with E-state index in [1.165, 1.54) is 5.69 Å². The summed E-state index contributed by atoms with van der Waals surface area (Å²) >= 11 is 13.6. The molecule has 0 saturated carbocycles. The van der Waals surface area contributed by atoms with E-state index in [-0.39, 0.29) is 5.91 Å². The fourth-order valence-corrected chi connectivity index (χ4v) is 4.45. The topological polar surface area (TPSA) is 35.6 Å². The highest BCUT2D eigenvalue weighted by atomic mass is 35.5. The normalized spacial score (nSPS) is 14.9. The monoisotopic (exact) mass is 437 g/mol. The van der Waals surface area contributed by atoms with Crippen LogP contribution < -0.4 is 10.2 Å². The Balaban J connectivity index is 1.39. The van der Waals surface area contributed by atoms with Crippen LogP contribution in [0.2, 0.25) is 10.0 Å². The third-order valence-corrected chi connectivity index (χ3v) is 6.37. The number of carbonyl (C=O) groups is 1. The molecule has 0 aliphatic carbocycles. The fraction of sp³-hybridized carbons (Fsp3) is 0.381. The second kappa shape index (κ2) is 10.4. The molecule has 0 radical (unpaired) electrons. The van der Waals surface area contributed by atoms with Gasteiger partial charge in [-0.05, 0) is 42.4 Å². The molecule has 3 rings (SSSR count). The number of benzene rings is 2. The summed E-state index contributed by atoms with van der Waals surface area (Å²) in [6.45, 7) is 4.85. The van der Waals surface area contributed by atoms with Crippen LogP contribution in [0.3, 0.4) is 0 Å². The van der Waals surface area contributed by atoms with E-state index in [0.717, 1.165) is 37.3 Å². The van der Waals surface area contributed by atoms with Gasteiger partial charge in [0.15, 0.2) is 0 Å². The number of likely N-dealkylation sites (N-methyl/N-ethyl adjacent to an activating group) is 1. The molecule has 0 spiro atoms. The molecule has 4 nitrogen and oxygen atoms in total. The predicted molar refractivity (Wildman–Crippen MR) is 121 cm³/mol. The molecule has 1 N–H and O–H groups in total. The van der Waals surface area contributed by atoms with Gasteiger partial charge in [-0.25, -0.2) is 0 Å². The van der Waals surface area contributed by atoms with E-state index in [0.29, 0.717) is 28.1 Å². The molecule has 2 aromatic carbocycles. The first kappa shape index (κ1) is 21.3. The van der Waals surface area contributed by atoms with Crippen LogP contribution in [0.4, 0.5) is 5.69 Å². The van der Waals surface area contributed by atoms with Crippen LogP contribution in [0.5, 0.6) is 0 Å². The summed E-state index contributed by atoms with van der Waals surface area (Å²) in [5.41, 5.74) is 3.35. The Morgan fingerprint density at radius 2 is 1.79 bits per heavy atom. The Kier molecular flexibility index (Phi) is 7.91. The van der Waals surface area contributed by atoms with Crippen molar-refractivity contribution < 1.29 is 4.79 Å². The number of amides is 1. The van der Waals surface area contributed by atoms with E-state index in [2.05, 4.69) is 46.4 Å². The zero-order chi connectivity index (χ0) is 19.9. The number of piperazine rings is 1. The van der Waals surface area contributed by atoms with Crippen LogP contribution in [0.1, 0.15) is 11.1 Å². The Morgan fingerprint density at radius 3 is 2.46 bits per heavy atom. The van der Waals surface area contributed by atoms with Crippen molar-refractivity contribution in [2.45, 2.75) is 12.3 Å². The maximum atomic E-state index is 12.1. The van der Waals surface area contributed by atoms with Crippen molar-refractivity contribution in [3.8, 4) is 0 Å². The zero-order valence-electron chi connectivity index (χ0n) is 16.0. The third kappa shape index (κ3) is 6.31. The van der Waals surface area contributed by atoms with Crippen LogP contribution in [-0.4, -0.2) is 49.8 Å². The first-order valence-electron chi connectivity index (χ1n) is 9.32. The fourth-order valence-electron chi connectivity index (χ4n) is 3.03. The Hall–Kier alpha value is -1.40. The number of anilines is 1. The molecule has 2 aromatic rings. The molecule has 7 heteroatoms. The average molecular weight is 438 g/mol. The summed E-state index contributed by atoms with van der Waals surface area (Å²) < 4.78 is 0. The molecule has 0 bridgehead atoms. The molecule has 1 aliphatic heterocycles. The zero-order valence-corrected chi connectivity index (χ0v) is 18.3. The predicted octanol–water partition coefficient (Wildman–Crippen LogP) is 4.29. The van der Waals surface area contributed by atoms with Crippen molar-refractivity contribution >= 4 is 46.6 Å². The lowest BCUT2D eigenvalue weighted by Gasteiger charge is -2.34.